The lowest BCUT2D eigenvalue weighted by Crippen LogP contribution is -2.44. The minimum absolute atomic E-state index is 0.217. The van der Waals surface area contributed by atoms with Gasteiger partial charge >= 0.3 is 0 Å². The average Bonchev–Trinajstić information content (AvgIpc) is 3.01. The quantitative estimate of drug-likeness (QED) is 0.491. The maximum atomic E-state index is 10.8. The SMILES string of the molecule is Oc1c2c(c3c4c1N=CC=4CCN=3)C1(C=CC(O)C=C1)CCN2. The maximum Gasteiger partial charge on any atom is 0.165 e. The van der Waals surface area contributed by atoms with Gasteiger partial charge in [-0.3, -0.25) is 9.98 Å². The van der Waals surface area contributed by atoms with Gasteiger partial charge < -0.3 is 15.5 Å². The number of aliphatic hydroxyl groups is 1. The van der Waals surface area contributed by atoms with Crippen LogP contribution in [-0.2, 0) is 5.41 Å². The lowest BCUT2D eigenvalue weighted by atomic mass is 9.71. The van der Waals surface area contributed by atoms with Crippen molar-refractivity contribution in [3.63, 3.8) is 0 Å². The van der Waals surface area contributed by atoms with Gasteiger partial charge in [0.15, 0.2) is 5.75 Å². The van der Waals surface area contributed by atoms with E-state index in [1.54, 1.807) is 0 Å². The molecule has 1 spiro atoms. The van der Waals surface area contributed by atoms with Crippen molar-refractivity contribution < 1.29 is 10.2 Å². The largest absolute Gasteiger partial charge is 0.504 e. The van der Waals surface area contributed by atoms with Gasteiger partial charge in [0.2, 0.25) is 0 Å². The number of anilines is 1. The summed E-state index contributed by atoms with van der Waals surface area (Å²) in [5.41, 5.74) is 3.23. The molecule has 0 saturated heterocycles. The van der Waals surface area contributed by atoms with Gasteiger partial charge in [-0.15, -0.1) is 0 Å². The van der Waals surface area contributed by atoms with Crippen LogP contribution in [0.15, 0.2) is 34.3 Å². The van der Waals surface area contributed by atoms with Crippen molar-refractivity contribution in [2.24, 2.45) is 9.98 Å². The zero-order chi connectivity index (χ0) is 15.6. The fourth-order valence-electron chi connectivity index (χ4n) is 4.12. The third-order valence-electron chi connectivity index (χ3n) is 5.23. The number of phenols is 1. The van der Waals surface area contributed by atoms with E-state index in [1.807, 2.05) is 18.4 Å². The molecule has 1 aromatic carbocycles. The smallest absolute Gasteiger partial charge is 0.165 e. The minimum atomic E-state index is -0.541. The predicted molar refractivity (Wildman–Crippen MR) is 89.0 cm³/mol. The Hall–Kier alpha value is -2.40. The number of aliphatic imine (C=N–C) groups is 1. The van der Waals surface area contributed by atoms with Gasteiger partial charge in [-0.05, 0) is 18.4 Å². The molecule has 0 saturated carbocycles. The number of hydrogen-bond donors (Lipinski definition) is 3. The van der Waals surface area contributed by atoms with Crippen LogP contribution >= 0.6 is 0 Å². The Morgan fingerprint density at radius 2 is 2.09 bits per heavy atom. The Kier molecular flexibility index (Phi) is 2.46. The molecule has 0 aromatic heterocycles. The second-order valence-electron chi connectivity index (χ2n) is 6.51. The highest BCUT2D eigenvalue weighted by atomic mass is 16.3. The van der Waals surface area contributed by atoms with Gasteiger partial charge in [0.05, 0.1) is 17.1 Å². The van der Waals surface area contributed by atoms with Gasteiger partial charge in [-0.1, -0.05) is 24.3 Å². The molecule has 3 aliphatic heterocycles. The topological polar surface area (TPSA) is 77.2 Å². The van der Waals surface area contributed by atoms with Gasteiger partial charge in [-0.2, -0.15) is 0 Å². The zero-order valence-corrected chi connectivity index (χ0v) is 12.6. The lowest BCUT2D eigenvalue weighted by molar-refractivity contribution is 0.266. The van der Waals surface area contributed by atoms with Crippen LogP contribution in [0.3, 0.4) is 0 Å². The number of nitrogens with one attached hydrogen (secondary N) is 1. The van der Waals surface area contributed by atoms with Crippen LogP contribution < -0.4 is 15.9 Å². The molecule has 116 valence electrons. The molecule has 3 N–H and O–H groups in total. The number of aromatic hydroxyl groups is 1. The Morgan fingerprint density at radius 3 is 2.91 bits per heavy atom. The van der Waals surface area contributed by atoms with Gasteiger partial charge in [0.1, 0.15) is 5.69 Å². The molecular weight excluding hydrogens is 290 g/mol. The van der Waals surface area contributed by atoms with Crippen LogP contribution in [0.5, 0.6) is 5.75 Å². The molecule has 0 unspecified atom stereocenters. The highest BCUT2D eigenvalue weighted by molar-refractivity contribution is 6.08. The van der Waals surface area contributed by atoms with Crippen molar-refractivity contribution in [1.82, 2.24) is 0 Å². The fourth-order valence-corrected chi connectivity index (χ4v) is 4.12. The molecule has 5 rings (SSSR count). The molecule has 5 nitrogen and oxygen atoms in total. The van der Waals surface area contributed by atoms with E-state index in [0.29, 0.717) is 5.69 Å². The van der Waals surface area contributed by atoms with E-state index in [-0.39, 0.29) is 11.2 Å². The Morgan fingerprint density at radius 1 is 1.26 bits per heavy atom. The summed E-state index contributed by atoms with van der Waals surface area (Å²) in [6, 6.07) is 0. The van der Waals surface area contributed by atoms with E-state index >= 15 is 0 Å². The van der Waals surface area contributed by atoms with E-state index in [2.05, 4.69) is 22.5 Å². The molecule has 0 amide bonds. The Balaban J connectivity index is 1.92. The summed E-state index contributed by atoms with van der Waals surface area (Å²) in [6.07, 6.45) is 10.8. The molecule has 1 aromatic rings. The molecule has 5 heteroatoms. The van der Waals surface area contributed by atoms with Crippen LogP contribution in [0, 0.1) is 0 Å². The first-order valence-corrected chi connectivity index (χ1v) is 8.01. The minimum Gasteiger partial charge on any atom is -0.504 e. The van der Waals surface area contributed by atoms with E-state index in [9.17, 15) is 10.2 Å². The van der Waals surface area contributed by atoms with Crippen molar-refractivity contribution in [2.75, 3.05) is 18.4 Å². The summed E-state index contributed by atoms with van der Waals surface area (Å²) in [5, 5.41) is 25.8. The summed E-state index contributed by atoms with van der Waals surface area (Å²) in [6.45, 7) is 1.50. The van der Waals surface area contributed by atoms with E-state index < -0.39 is 6.10 Å². The molecular formula is C18H17N3O2. The number of hydrogen-bond acceptors (Lipinski definition) is 5. The van der Waals surface area contributed by atoms with Crippen LogP contribution in [-0.4, -0.2) is 35.6 Å². The number of nitrogens with zero attached hydrogens (tertiary/aromatic N) is 2. The zero-order valence-electron chi connectivity index (χ0n) is 12.6. The second kappa shape index (κ2) is 4.32. The van der Waals surface area contributed by atoms with Crippen molar-refractivity contribution in [1.29, 1.82) is 0 Å². The summed E-state index contributed by atoms with van der Waals surface area (Å²) >= 11 is 0. The highest BCUT2D eigenvalue weighted by Crippen LogP contribution is 2.45. The van der Waals surface area contributed by atoms with Crippen LogP contribution in [0.1, 0.15) is 18.4 Å². The first-order chi connectivity index (χ1) is 11.2. The monoisotopic (exact) mass is 307 g/mol. The van der Waals surface area contributed by atoms with Crippen molar-refractivity contribution in [3.05, 3.63) is 40.4 Å². The molecule has 3 heterocycles. The average molecular weight is 307 g/mol. The summed E-state index contributed by atoms with van der Waals surface area (Å²) in [5.74, 6) is 0.217. The molecule has 0 bridgehead atoms. The Bertz CT molecular complexity index is 926. The molecule has 0 radical (unpaired) electrons. The molecule has 0 fully saturated rings. The van der Waals surface area contributed by atoms with Crippen molar-refractivity contribution >= 4 is 23.2 Å². The summed E-state index contributed by atoms with van der Waals surface area (Å²) in [7, 11) is 0. The standard InChI is InChI=1S/C18H17N3O2/c22-11-1-4-18(5-2-11)6-8-20-16-13(18)14-12-10(3-7-19-14)9-21-15(12)17(16)23/h1-2,4-5,9,11,20,22-23H,3,6-8H2. The predicted octanol–water partition coefficient (Wildman–Crippen LogP) is 0.822. The highest BCUT2D eigenvalue weighted by Gasteiger charge is 2.39. The van der Waals surface area contributed by atoms with Gasteiger partial charge in [0.25, 0.3) is 0 Å². The number of phenolic OH excluding ortho intramolecular Hbond substituents is 1. The van der Waals surface area contributed by atoms with E-state index in [0.717, 1.165) is 53.3 Å². The molecule has 1 aliphatic carbocycles. The third-order valence-corrected chi connectivity index (χ3v) is 5.23. The lowest BCUT2D eigenvalue weighted by Gasteiger charge is -2.37. The van der Waals surface area contributed by atoms with Crippen molar-refractivity contribution in [2.45, 2.75) is 24.4 Å². The number of rotatable bonds is 0. The number of allylic oxidation sites excluding steroid dienone is 2. The second-order valence-corrected chi connectivity index (χ2v) is 6.51. The molecule has 0 atom stereocenters. The van der Waals surface area contributed by atoms with E-state index in [4.69, 9.17) is 4.99 Å². The summed E-state index contributed by atoms with van der Waals surface area (Å²) in [4.78, 5) is 9.20. The van der Waals surface area contributed by atoms with E-state index in [1.165, 1.54) is 0 Å². The first-order valence-electron chi connectivity index (χ1n) is 8.01. The van der Waals surface area contributed by atoms with Crippen LogP contribution in [0.2, 0.25) is 0 Å². The molecule has 23 heavy (non-hydrogen) atoms. The number of fused-ring (bicyclic) bond motifs is 3. The molecule has 4 aliphatic rings. The van der Waals surface area contributed by atoms with Crippen molar-refractivity contribution in [3.8, 4) is 5.75 Å². The fraction of sp³-hybridized carbons (Fsp3) is 0.333. The van der Waals surface area contributed by atoms with Gasteiger partial charge in [0, 0.05) is 35.5 Å². The maximum absolute atomic E-state index is 10.8. The van der Waals surface area contributed by atoms with Crippen LogP contribution in [0.4, 0.5) is 11.4 Å². The Labute approximate surface area is 133 Å². The normalized spacial score (nSPS) is 29.3. The number of aliphatic hydroxyl groups excluding tert-OH is 1. The van der Waals surface area contributed by atoms with Gasteiger partial charge in [-0.25, -0.2) is 0 Å². The number of benzene rings is 1. The third kappa shape index (κ3) is 1.60. The summed E-state index contributed by atoms with van der Waals surface area (Å²) < 4.78 is 0. The first kappa shape index (κ1) is 13.1. The van der Waals surface area contributed by atoms with Crippen LogP contribution in [0.25, 0.3) is 5.57 Å².